The molecular weight excluding hydrogens is 476 g/mol. The van der Waals surface area contributed by atoms with Crippen LogP contribution in [-0.2, 0) is 0 Å². The van der Waals surface area contributed by atoms with Crippen LogP contribution in [0.2, 0.25) is 5.02 Å². The number of anilines is 1. The molecular formula is C24H16BrClN4O. The molecule has 4 aromatic rings. The van der Waals surface area contributed by atoms with Gasteiger partial charge >= 0.3 is 0 Å². The van der Waals surface area contributed by atoms with E-state index in [0.717, 1.165) is 38.2 Å². The van der Waals surface area contributed by atoms with E-state index in [0.29, 0.717) is 11.0 Å². The summed E-state index contributed by atoms with van der Waals surface area (Å²) in [5, 5.41) is 8.69. The predicted octanol–water partition coefficient (Wildman–Crippen LogP) is 6.25. The highest BCUT2D eigenvalue weighted by atomic mass is 79.9. The molecule has 0 radical (unpaired) electrons. The highest BCUT2D eigenvalue weighted by molar-refractivity contribution is 9.10. The predicted molar refractivity (Wildman–Crippen MR) is 124 cm³/mol. The molecule has 1 aromatic heterocycles. The zero-order valence-electron chi connectivity index (χ0n) is 16.2. The van der Waals surface area contributed by atoms with Crippen molar-refractivity contribution in [2.75, 3.05) is 5.32 Å². The maximum atomic E-state index is 6.58. The van der Waals surface area contributed by atoms with E-state index in [4.69, 9.17) is 16.3 Å². The molecule has 0 amide bonds. The molecule has 6 rings (SSSR count). The number of fused-ring (bicyclic) bond motifs is 3. The molecule has 5 nitrogen and oxygen atoms in total. The molecule has 3 aromatic carbocycles. The van der Waals surface area contributed by atoms with Gasteiger partial charge in [-0.3, -0.25) is 0 Å². The van der Waals surface area contributed by atoms with Crippen LogP contribution in [0, 0.1) is 0 Å². The zero-order valence-corrected chi connectivity index (χ0v) is 18.5. The number of nitrogens with one attached hydrogen (secondary N) is 1. The SMILES string of the molecule is Clc1ccc2c(c1)C1=C(C(c3ccccc3)O2)C(c2ccc(Br)cc2)n2ncnc2N1. The minimum atomic E-state index is -0.289. The normalized spacial score (nSPS) is 19.0. The number of nitrogens with zero attached hydrogens (tertiary/aromatic N) is 3. The van der Waals surface area contributed by atoms with Gasteiger partial charge in [-0.1, -0.05) is 70.0 Å². The second kappa shape index (κ2) is 7.25. The second-order valence-corrected chi connectivity index (χ2v) is 8.84. The van der Waals surface area contributed by atoms with Gasteiger partial charge in [-0.25, -0.2) is 4.68 Å². The molecule has 0 bridgehead atoms. The van der Waals surface area contributed by atoms with E-state index in [1.807, 2.05) is 53.2 Å². The topological polar surface area (TPSA) is 52.0 Å². The minimum Gasteiger partial charge on any atom is -0.480 e. The molecule has 2 unspecified atom stereocenters. The average Bonchev–Trinajstić information content (AvgIpc) is 3.27. The first-order chi connectivity index (χ1) is 15.2. The molecule has 3 heterocycles. The minimum absolute atomic E-state index is 0.181. The summed E-state index contributed by atoms with van der Waals surface area (Å²) in [6.45, 7) is 0. The third-order valence-electron chi connectivity index (χ3n) is 5.66. The van der Waals surface area contributed by atoms with Crippen molar-refractivity contribution in [3.63, 3.8) is 0 Å². The summed E-state index contributed by atoms with van der Waals surface area (Å²) in [4.78, 5) is 4.46. The highest BCUT2D eigenvalue weighted by Crippen LogP contribution is 2.51. The van der Waals surface area contributed by atoms with E-state index in [1.165, 1.54) is 0 Å². The molecule has 2 aliphatic rings. The van der Waals surface area contributed by atoms with Crippen LogP contribution in [0.15, 0.2) is 89.2 Å². The van der Waals surface area contributed by atoms with Crippen molar-refractivity contribution >= 4 is 39.2 Å². The van der Waals surface area contributed by atoms with Crippen LogP contribution in [0.4, 0.5) is 5.95 Å². The Morgan fingerprint density at radius 3 is 2.58 bits per heavy atom. The zero-order chi connectivity index (χ0) is 20.9. The van der Waals surface area contributed by atoms with Crippen LogP contribution >= 0.6 is 27.5 Å². The van der Waals surface area contributed by atoms with Crippen LogP contribution in [0.25, 0.3) is 5.70 Å². The van der Waals surface area contributed by atoms with Gasteiger partial charge in [-0.05, 0) is 41.5 Å². The van der Waals surface area contributed by atoms with Gasteiger partial charge in [0.25, 0.3) is 0 Å². The molecule has 0 fully saturated rings. The van der Waals surface area contributed by atoms with Crippen LogP contribution in [0.3, 0.4) is 0 Å². The average molecular weight is 492 g/mol. The van der Waals surface area contributed by atoms with Gasteiger partial charge in [0.15, 0.2) is 0 Å². The molecule has 0 aliphatic carbocycles. The van der Waals surface area contributed by atoms with Crippen molar-refractivity contribution in [3.05, 3.63) is 111 Å². The largest absolute Gasteiger partial charge is 0.480 e. The fraction of sp³-hybridized carbons (Fsp3) is 0.0833. The van der Waals surface area contributed by atoms with E-state index in [2.05, 4.69) is 55.6 Å². The smallest absolute Gasteiger partial charge is 0.226 e. The number of hydrogen-bond acceptors (Lipinski definition) is 4. The Hall–Kier alpha value is -3.09. The van der Waals surface area contributed by atoms with Gasteiger partial charge < -0.3 is 10.1 Å². The maximum Gasteiger partial charge on any atom is 0.226 e. The Kier molecular flexibility index (Phi) is 4.37. The first-order valence-corrected chi connectivity index (χ1v) is 11.0. The Morgan fingerprint density at radius 1 is 0.968 bits per heavy atom. The lowest BCUT2D eigenvalue weighted by Crippen LogP contribution is -2.32. The summed E-state index contributed by atoms with van der Waals surface area (Å²) in [7, 11) is 0. The first-order valence-electron chi connectivity index (χ1n) is 9.86. The quantitative estimate of drug-likeness (QED) is 0.360. The summed E-state index contributed by atoms with van der Waals surface area (Å²) in [6.07, 6.45) is 1.28. The van der Waals surface area contributed by atoms with Crippen molar-refractivity contribution in [2.24, 2.45) is 0 Å². The lowest BCUT2D eigenvalue weighted by atomic mass is 9.84. The van der Waals surface area contributed by atoms with Crippen molar-refractivity contribution in [2.45, 2.75) is 12.1 Å². The van der Waals surface area contributed by atoms with Gasteiger partial charge in [0.2, 0.25) is 5.95 Å². The molecule has 0 saturated heterocycles. The van der Waals surface area contributed by atoms with Crippen LogP contribution in [-0.4, -0.2) is 14.8 Å². The lowest BCUT2D eigenvalue weighted by Gasteiger charge is -2.39. The van der Waals surface area contributed by atoms with Crippen molar-refractivity contribution in [1.82, 2.24) is 14.8 Å². The van der Waals surface area contributed by atoms with Crippen molar-refractivity contribution in [3.8, 4) is 5.75 Å². The third kappa shape index (κ3) is 3.06. The lowest BCUT2D eigenvalue weighted by molar-refractivity contribution is 0.223. The molecule has 31 heavy (non-hydrogen) atoms. The molecule has 2 atom stereocenters. The molecule has 0 saturated carbocycles. The van der Waals surface area contributed by atoms with Crippen molar-refractivity contribution in [1.29, 1.82) is 0 Å². The number of halogens is 2. The van der Waals surface area contributed by atoms with Crippen molar-refractivity contribution < 1.29 is 4.74 Å². The fourth-order valence-corrected chi connectivity index (χ4v) is 4.75. The molecule has 2 aliphatic heterocycles. The fourth-order valence-electron chi connectivity index (χ4n) is 4.31. The van der Waals surface area contributed by atoms with Gasteiger partial charge in [-0.15, -0.1) is 0 Å². The standard InChI is InChI=1S/C24H16BrClN4O/c25-16-8-6-14(7-9-16)22-20-21(29-24-27-13-28-30(22)24)18-12-17(26)10-11-19(18)31-23(20)15-4-2-1-3-5-15/h1-13,22-23H,(H,27,28,29). The number of aromatic nitrogens is 3. The van der Waals surface area contributed by atoms with Gasteiger partial charge in [0.1, 0.15) is 24.2 Å². The van der Waals surface area contributed by atoms with E-state index < -0.39 is 0 Å². The van der Waals surface area contributed by atoms with E-state index in [1.54, 1.807) is 6.33 Å². The molecule has 1 N–H and O–H groups in total. The Balaban J connectivity index is 1.64. The summed E-state index contributed by atoms with van der Waals surface area (Å²) in [6, 6.07) is 24.1. The van der Waals surface area contributed by atoms with E-state index in [-0.39, 0.29) is 12.1 Å². The van der Waals surface area contributed by atoms with E-state index in [9.17, 15) is 0 Å². The third-order valence-corrected chi connectivity index (χ3v) is 6.43. The summed E-state index contributed by atoms with van der Waals surface area (Å²) in [5.74, 6) is 1.47. The van der Waals surface area contributed by atoms with Gasteiger partial charge in [0.05, 0.1) is 5.70 Å². The van der Waals surface area contributed by atoms with Crippen LogP contribution < -0.4 is 10.1 Å². The molecule has 0 spiro atoms. The number of rotatable bonds is 2. The van der Waals surface area contributed by atoms with Crippen LogP contribution in [0.1, 0.15) is 28.8 Å². The summed E-state index contributed by atoms with van der Waals surface area (Å²) < 4.78 is 9.52. The van der Waals surface area contributed by atoms with Gasteiger partial charge in [0, 0.05) is 20.6 Å². The highest BCUT2D eigenvalue weighted by Gasteiger charge is 2.40. The summed E-state index contributed by atoms with van der Waals surface area (Å²) >= 11 is 9.91. The number of ether oxygens (including phenoxy) is 1. The first kappa shape index (κ1) is 18.7. The summed E-state index contributed by atoms with van der Waals surface area (Å²) in [5.41, 5.74) is 5.13. The van der Waals surface area contributed by atoms with E-state index >= 15 is 0 Å². The monoisotopic (exact) mass is 490 g/mol. The maximum absolute atomic E-state index is 6.58. The number of hydrogen-bond donors (Lipinski definition) is 1. The van der Waals surface area contributed by atoms with Gasteiger partial charge in [-0.2, -0.15) is 10.1 Å². The molecule has 152 valence electrons. The second-order valence-electron chi connectivity index (χ2n) is 7.49. The Labute approximate surface area is 192 Å². The Bertz CT molecular complexity index is 1320. The Morgan fingerprint density at radius 2 is 1.77 bits per heavy atom. The van der Waals surface area contributed by atoms with Crippen LogP contribution in [0.5, 0.6) is 5.75 Å². The number of benzene rings is 3. The molecule has 7 heteroatoms.